The first-order valence-corrected chi connectivity index (χ1v) is 7.67. The van der Waals surface area contributed by atoms with Gasteiger partial charge in [-0.3, -0.25) is 0 Å². The van der Waals surface area contributed by atoms with Gasteiger partial charge in [-0.05, 0) is 30.9 Å². The van der Waals surface area contributed by atoms with Gasteiger partial charge in [0.25, 0.3) is 0 Å². The average molecular weight is 282 g/mol. The molecule has 4 nitrogen and oxygen atoms in total. The molecule has 0 unspecified atom stereocenters. The van der Waals surface area contributed by atoms with E-state index in [-0.39, 0.29) is 0 Å². The third-order valence-corrected chi connectivity index (χ3v) is 4.15. The summed E-state index contributed by atoms with van der Waals surface area (Å²) in [4.78, 5) is 4.51. The molecule has 1 aliphatic rings. The van der Waals surface area contributed by atoms with Crippen molar-refractivity contribution in [3.63, 3.8) is 0 Å². The van der Waals surface area contributed by atoms with Gasteiger partial charge in [-0.1, -0.05) is 13.8 Å². The van der Waals surface area contributed by atoms with E-state index < -0.39 is 0 Å². The standard InChI is InChI=1S/C14H22N2O2S/c1-10(2)9-18-14-12(15)3-4-13(16-14)19-11-5-7-17-8-6-11/h3-4,10-11H,5-9,15H2,1-2H3. The molecular weight excluding hydrogens is 260 g/mol. The number of ether oxygens (including phenoxy) is 2. The van der Waals surface area contributed by atoms with Gasteiger partial charge < -0.3 is 15.2 Å². The SMILES string of the molecule is CC(C)COc1nc(SC2CCOCC2)ccc1N. The Morgan fingerprint density at radius 3 is 2.84 bits per heavy atom. The van der Waals surface area contributed by atoms with Crippen LogP contribution in [0.2, 0.25) is 0 Å². The number of pyridine rings is 1. The van der Waals surface area contributed by atoms with Crippen LogP contribution in [0.15, 0.2) is 17.2 Å². The van der Waals surface area contributed by atoms with Crippen LogP contribution in [-0.4, -0.2) is 30.1 Å². The quantitative estimate of drug-likeness (QED) is 0.899. The normalized spacial score (nSPS) is 16.8. The Kier molecular flexibility index (Phi) is 5.34. The molecule has 19 heavy (non-hydrogen) atoms. The van der Waals surface area contributed by atoms with Gasteiger partial charge in [0.05, 0.1) is 12.3 Å². The molecule has 5 heteroatoms. The number of rotatable bonds is 5. The van der Waals surface area contributed by atoms with E-state index in [1.54, 1.807) is 11.8 Å². The maximum absolute atomic E-state index is 5.89. The van der Waals surface area contributed by atoms with E-state index in [0.717, 1.165) is 31.1 Å². The highest BCUT2D eigenvalue weighted by molar-refractivity contribution is 7.99. The number of hydrogen-bond donors (Lipinski definition) is 1. The van der Waals surface area contributed by atoms with Crippen LogP contribution in [0, 0.1) is 5.92 Å². The summed E-state index contributed by atoms with van der Waals surface area (Å²) in [5.74, 6) is 1.03. The summed E-state index contributed by atoms with van der Waals surface area (Å²) in [6.07, 6.45) is 2.16. The number of hydrogen-bond acceptors (Lipinski definition) is 5. The van der Waals surface area contributed by atoms with Crippen molar-refractivity contribution in [2.24, 2.45) is 5.92 Å². The summed E-state index contributed by atoms with van der Waals surface area (Å²) >= 11 is 1.79. The maximum Gasteiger partial charge on any atom is 0.238 e. The molecule has 0 bridgehead atoms. The van der Waals surface area contributed by atoms with Crippen molar-refractivity contribution < 1.29 is 9.47 Å². The van der Waals surface area contributed by atoms with Crippen LogP contribution >= 0.6 is 11.8 Å². The van der Waals surface area contributed by atoms with Crippen LogP contribution < -0.4 is 10.5 Å². The van der Waals surface area contributed by atoms with Gasteiger partial charge in [0.1, 0.15) is 5.03 Å². The lowest BCUT2D eigenvalue weighted by molar-refractivity contribution is 0.1000. The minimum atomic E-state index is 0.466. The summed E-state index contributed by atoms with van der Waals surface area (Å²) < 4.78 is 11.0. The first kappa shape index (κ1) is 14.5. The molecule has 2 N–H and O–H groups in total. The molecular formula is C14H22N2O2S. The summed E-state index contributed by atoms with van der Waals surface area (Å²) in [6.45, 7) is 6.56. The molecule has 2 rings (SSSR count). The lowest BCUT2D eigenvalue weighted by Crippen LogP contribution is -2.17. The number of nitrogens with zero attached hydrogens (tertiary/aromatic N) is 1. The molecule has 0 aromatic carbocycles. The maximum atomic E-state index is 5.89. The Labute approximate surface area is 119 Å². The number of nitrogens with two attached hydrogens (primary N) is 1. The van der Waals surface area contributed by atoms with Crippen LogP contribution in [0.5, 0.6) is 5.88 Å². The topological polar surface area (TPSA) is 57.4 Å². The molecule has 1 aliphatic heterocycles. The van der Waals surface area contributed by atoms with Gasteiger partial charge >= 0.3 is 0 Å². The van der Waals surface area contributed by atoms with E-state index in [1.807, 2.05) is 12.1 Å². The summed E-state index contributed by atoms with van der Waals surface area (Å²) in [7, 11) is 0. The second-order valence-corrected chi connectivity index (χ2v) is 6.50. The Morgan fingerprint density at radius 2 is 2.16 bits per heavy atom. The van der Waals surface area contributed by atoms with Crippen LogP contribution in [0.25, 0.3) is 0 Å². The number of anilines is 1. The van der Waals surface area contributed by atoms with Gasteiger partial charge in [-0.15, -0.1) is 11.8 Å². The molecule has 1 fully saturated rings. The van der Waals surface area contributed by atoms with Crippen molar-refractivity contribution in [2.75, 3.05) is 25.6 Å². The molecule has 1 aromatic heterocycles. The van der Waals surface area contributed by atoms with Crippen LogP contribution in [0.3, 0.4) is 0 Å². The molecule has 1 saturated heterocycles. The summed E-state index contributed by atoms with van der Waals surface area (Å²) in [5, 5.41) is 1.57. The molecule has 2 heterocycles. The predicted octanol–water partition coefficient (Wildman–Crippen LogP) is 2.97. The Bertz CT molecular complexity index is 406. The highest BCUT2D eigenvalue weighted by Gasteiger charge is 2.16. The fraction of sp³-hybridized carbons (Fsp3) is 0.643. The highest BCUT2D eigenvalue weighted by Crippen LogP contribution is 2.31. The van der Waals surface area contributed by atoms with E-state index in [4.69, 9.17) is 15.2 Å². The molecule has 1 aromatic rings. The average Bonchev–Trinajstić information content (AvgIpc) is 2.40. The van der Waals surface area contributed by atoms with Crippen LogP contribution in [0.4, 0.5) is 5.69 Å². The van der Waals surface area contributed by atoms with Crippen LogP contribution in [-0.2, 0) is 4.74 Å². The number of thioether (sulfide) groups is 1. The van der Waals surface area contributed by atoms with Crippen molar-refractivity contribution in [1.82, 2.24) is 4.98 Å². The fourth-order valence-electron chi connectivity index (χ4n) is 1.83. The number of nitrogen functional groups attached to an aromatic ring is 1. The van der Waals surface area contributed by atoms with Gasteiger partial charge in [0.15, 0.2) is 0 Å². The van der Waals surface area contributed by atoms with Gasteiger partial charge in [0, 0.05) is 18.5 Å². The minimum Gasteiger partial charge on any atom is -0.476 e. The molecule has 0 atom stereocenters. The van der Waals surface area contributed by atoms with E-state index in [0.29, 0.717) is 29.3 Å². The lowest BCUT2D eigenvalue weighted by Gasteiger charge is -2.21. The first-order valence-electron chi connectivity index (χ1n) is 6.79. The summed E-state index contributed by atoms with van der Waals surface area (Å²) in [6, 6.07) is 3.85. The molecule has 0 spiro atoms. The molecule has 106 valence electrons. The van der Waals surface area contributed by atoms with E-state index in [9.17, 15) is 0 Å². The highest BCUT2D eigenvalue weighted by atomic mass is 32.2. The second-order valence-electron chi connectivity index (χ2n) is 5.18. The Balaban J connectivity index is 1.98. The monoisotopic (exact) mass is 282 g/mol. The van der Waals surface area contributed by atoms with Gasteiger partial charge in [0.2, 0.25) is 5.88 Å². The van der Waals surface area contributed by atoms with Crippen molar-refractivity contribution in [3.05, 3.63) is 12.1 Å². The Morgan fingerprint density at radius 1 is 1.42 bits per heavy atom. The lowest BCUT2D eigenvalue weighted by atomic mass is 10.2. The zero-order valence-corrected chi connectivity index (χ0v) is 12.4. The van der Waals surface area contributed by atoms with E-state index >= 15 is 0 Å². The molecule has 0 amide bonds. The smallest absolute Gasteiger partial charge is 0.238 e. The fourth-order valence-corrected chi connectivity index (χ4v) is 2.88. The van der Waals surface area contributed by atoms with Crippen molar-refractivity contribution in [3.8, 4) is 5.88 Å². The zero-order chi connectivity index (χ0) is 13.7. The van der Waals surface area contributed by atoms with Gasteiger partial charge in [-0.25, -0.2) is 4.98 Å². The van der Waals surface area contributed by atoms with Crippen molar-refractivity contribution in [2.45, 2.75) is 37.0 Å². The third-order valence-electron chi connectivity index (χ3n) is 2.87. The van der Waals surface area contributed by atoms with E-state index in [1.165, 1.54) is 0 Å². The Hall–Kier alpha value is -0.940. The number of aromatic nitrogens is 1. The molecule has 0 radical (unpaired) electrons. The predicted molar refractivity (Wildman–Crippen MR) is 78.7 cm³/mol. The molecule has 0 saturated carbocycles. The van der Waals surface area contributed by atoms with Crippen LogP contribution in [0.1, 0.15) is 26.7 Å². The zero-order valence-electron chi connectivity index (χ0n) is 11.6. The largest absolute Gasteiger partial charge is 0.476 e. The van der Waals surface area contributed by atoms with E-state index in [2.05, 4.69) is 18.8 Å². The summed E-state index contributed by atoms with van der Waals surface area (Å²) in [5.41, 5.74) is 6.50. The minimum absolute atomic E-state index is 0.466. The molecule has 0 aliphatic carbocycles. The van der Waals surface area contributed by atoms with Gasteiger partial charge in [-0.2, -0.15) is 0 Å². The van der Waals surface area contributed by atoms with Crippen molar-refractivity contribution in [1.29, 1.82) is 0 Å². The second kappa shape index (κ2) is 7.01. The third kappa shape index (κ3) is 4.58. The first-order chi connectivity index (χ1) is 9.15. The van der Waals surface area contributed by atoms with Crippen molar-refractivity contribution >= 4 is 17.4 Å².